The predicted molar refractivity (Wildman–Crippen MR) is 64.2 cm³/mol. The number of nitrogens with zero attached hydrogens (tertiary/aromatic N) is 3. The van der Waals surface area contributed by atoms with Crippen LogP contribution in [0.5, 0.6) is 0 Å². The van der Waals surface area contributed by atoms with E-state index in [1.165, 1.54) is 0 Å². The largest absolute Gasteiger partial charge is 0.406 e. The average molecular weight is 294 g/mol. The molecule has 106 valence electrons. The SMILES string of the molecule is CCNc1nnc(C(=O)N(CC(F)(F)F)C2CC2)s1. The van der Waals surface area contributed by atoms with E-state index >= 15 is 0 Å². The van der Waals surface area contributed by atoms with Crippen molar-refractivity contribution < 1.29 is 18.0 Å². The highest BCUT2D eigenvalue weighted by molar-refractivity contribution is 7.17. The van der Waals surface area contributed by atoms with Crippen LogP contribution in [0, 0.1) is 0 Å². The third kappa shape index (κ3) is 3.79. The van der Waals surface area contributed by atoms with Crippen molar-refractivity contribution in [2.45, 2.75) is 32.0 Å². The molecule has 1 aliphatic rings. The van der Waals surface area contributed by atoms with Crippen molar-refractivity contribution in [1.29, 1.82) is 0 Å². The highest BCUT2D eigenvalue weighted by Gasteiger charge is 2.41. The minimum Gasteiger partial charge on any atom is -0.360 e. The van der Waals surface area contributed by atoms with Gasteiger partial charge in [-0.05, 0) is 19.8 Å². The summed E-state index contributed by atoms with van der Waals surface area (Å²) >= 11 is 0.973. The molecule has 1 aromatic heterocycles. The zero-order valence-electron chi connectivity index (χ0n) is 10.2. The lowest BCUT2D eigenvalue weighted by Crippen LogP contribution is -2.40. The van der Waals surface area contributed by atoms with Gasteiger partial charge in [0.25, 0.3) is 5.91 Å². The zero-order chi connectivity index (χ0) is 14.0. The van der Waals surface area contributed by atoms with E-state index in [0.29, 0.717) is 24.5 Å². The highest BCUT2D eigenvalue weighted by Crippen LogP contribution is 2.32. The fourth-order valence-electron chi connectivity index (χ4n) is 1.60. The normalized spacial score (nSPS) is 15.4. The third-order valence-electron chi connectivity index (χ3n) is 2.53. The number of halogens is 3. The van der Waals surface area contributed by atoms with Gasteiger partial charge in [0.1, 0.15) is 6.54 Å². The minimum atomic E-state index is -4.40. The molecule has 1 saturated carbocycles. The molecule has 0 radical (unpaired) electrons. The highest BCUT2D eigenvalue weighted by atomic mass is 32.1. The summed E-state index contributed by atoms with van der Waals surface area (Å²) in [5.41, 5.74) is 0. The second-order valence-corrected chi connectivity index (χ2v) is 5.20. The molecular weight excluding hydrogens is 281 g/mol. The van der Waals surface area contributed by atoms with E-state index in [-0.39, 0.29) is 11.0 Å². The maximum atomic E-state index is 12.5. The second-order valence-electron chi connectivity index (χ2n) is 4.22. The van der Waals surface area contributed by atoms with Gasteiger partial charge in [0, 0.05) is 12.6 Å². The summed E-state index contributed by atoms with van der Waals surface area (Å²) in [4.78, 5) is 12.9. The Bertz CT molecular complexity index is 458. The molecule has 0 bridgehead atoms. The number of amides is 1. The summed E-state index contributed by atoms with van der Waals surface area (Å²) in [5, 5.41) is 10.7. The van der Waals surface area contributed by atoms with Crippen LogP contribution in [-0.2, 0) is 0 Å². The Balaban J connectivity index is 2.09. The Morgan fingerprint density at radius 1 is 1.47 bits per heavy atom. The number of carbonyl (C=O) groups is 1. The molecule has 9 heteroatoms. The summed E-state index contributed by atoms with van der Waals surface area (Å²) in [6.07, 6.45) is -3.17. The van der Waals surface area contributed by atoms with Gasteiger partial charge in [0.2, 0.25) is 10.1 Å². The molecule has 5 nitrogen and oxygen atoms in total. The molecule has 0 spiro atoms. The fraction of sp³-hybridized carbons (Fsp3) is 0.700. The molecule has 0 atom stereocenters. The van der Waals surface area contributed by atoms with E-state index in [2.05, 4.69) is 15.5 Å². The number of aromatic nitrogens is 2. The van der Waals surface area contributed by atoms with Gasteiger partial charge in [0.15, 0.2) is 0 Å². The molecule has 1 fully saturated rings. The first-order valence-corrected chi connectivity index (χ1v) is 6.67. The molecule has 1 aliphatic carbocycles. The first-order chi connectivity index (χ1) is 8.90. The molecule has 1 heterocycles. The van der Waals surface area contributed by atoms with Crippen molar-refractivity contribution in [2.24, 2.45) is 0 Å². The molecular formula is C10H13F3N4OS. The third-order valence-corrected chi connectivity index (χ3v) is 3.40. The van der Waals surface area contributed by atoms with E-state index in [0.717, 1.165) is 16.2 Å². The summed E-state index contributed by atoms with van der Waals surface area (Å²) in [5.74, 6) is -0.693. The lowest BCUT2D eigenvalue weighted by atomic mass is 10.4. The van der Waals surface area contributed by atoms with Gasteiger partial charge in [-0.15, -0.1) is 10.2 Å². The van der Waals surface area contributed by atoms with Crippen molar-refractivity contribution >= 4 is 22.4 Å². The Kier molecular flexibility index (Phi) is 3.93. The summed E-state index contributed by atoms with van der Waals surface area (Å²) in [6, 6.07) is -0.319. The van der Waals surface area contributed by atoms with Gasteiger partial charge in [0.05, 0.1) is 0 Å². The first-order valence-electron chi connectivity index (χ1n) is 5.86. The Morgan fingerprint density at radius 3 is 2.68 bits per heavy atom. The van der Waals surface area contributed by atoms with Crippen molar-refractivity contribution in [3.63, 3.8) is 0 Å². The van der Waals surface area contributed by atoms with Gasteiger partial charge >= 0.3 is 6.18 Å². The molecule has 1 amide bonds. The van der Waals surface area contributed by atoms with Crippen molar-refractivity contribution in [3.8, 4) is 0 Å². The number of rotatable bonds is 5. The molecule has 0 aliphatic heterocycles. The average Bonchev–Trinajstić information content (AvgIpc) is 3.05. The lowest BCUT2D eigenvalue weighted by Gasteiger charge is -2.22. The van der Waals surface area contributed by atoms with Crippen molar-refractivity contribution in [2.75, 3.05) is 18.4 Å². The topological polar surface area (TPSA) is 58.1 Å². The lowest BCUT2D eigenvalue weighted by molar-refractivity contribution is -0.141. The molecule has 19 heavy (non-hydrogen) atoms. The maximum Gasteiger partial charge on any atom is 0.406 e. The number of hydrogen-bond acceptors (Lipinski definition) is 5. The van der Waals surface area contributed by atoms with Crippen LogP contribution >= 0.6 is 11.3 Å². The zero-order valence-corrected chi connectivity index (χ0v) is 11.0. The second kappa shape index (κ2) is 5.32. The van der Waals surface area contributed by atoms with Gasteiger partial charge in [-0.3, -0.25) is 4.79 Å². The smallest absolute Gasteiger partial charge is 0.360 e. The van der Waals surface area contributed by atoms with Crippen LogP contribution in [0.15, 0.2) is 0 Å². The summed E-state index contributed by atoms with van der Waals surface area (Å²) < 4.78 is 37.4. The Morgan fingerprint density at radius 2 is 2.16 bits per heavy atom. The number of hydrogen-bond donors (Lipinski definition) is 1. The predicted octanol–water partition coefficient (Wildman–Crippen LogP) is 2.14. The molecule has 0 aromatic carbocycles. The summed E-state index contributed by atoms with van der Waals surface area (Å²) in [6.45, 7) is 1.23. The van der Waals surface area contributed by atoms with Crippen LogP contribution in [0.2, 0.25) is 0 Å². The van der Waals surface area contributed by atoms with Crippen LogP contribution in [0.1, 0.15) is 29.6 Å². The van der Waals surface area contributed by atoms with Crippen LogP contribution in [0.3, 0.4) is 0 Å². The molecule has 1 N–H and O–H groups in total. The van der Waals surface area contributed by atoms with Gasteiger partial charge in [-0.2, -0.15) is 13.2 Å². The van der Waals surface area contributed by atoms with Gasteiger partial charge < -0.3 is 10.2 Å². The minimum absolute atomic E-state index is 0.00731. The number of alkyl halides is 3. The quantitative estimate of drug-likeness (QED) is 0.904. The number of anilines is 1. The van der Waals surface area contributed by atoms with Crippen LogP contribution in [0.25, 0.3) is 0 Å². The van der Waals surface area contributed by atoms with E-state index < -0.39 is 18.6 Å². The molecule has 0 unspecified atom stereocenters. The van der Waals surface area contributed by atoms with E-state index in [4.69, 9.17) is 0 Å². The number of nitrogens with one attached hydrogen (secondary N) is 1. The van der Waals surface area contributed by atoms with Crippen LogP contribution < -0.4 is 5.32 Å². The maximum absolute atomic E-state index is 12.5. The van der Waals surface area contributed by atoms with Crippen LogP contribution in [0.4, 0.5) is 18.3 Å². The summed E-state index contributed by atoms with van der Waals surface area (Å²) in [7, 11) is 0. The van der Waals surface area contributed by atoms with Crippen LogP contribution in [-0.4, -0.2) is 46.3 Å². The molecule has 0 saturated heterocycles. The Labute approximate surface area is 111 Å². The van der Waals surface area contributed by atoms with Crippen molar-refractivity contribution in [1.82, 2.24) is 15.1 Å². The molecule has 1 aromatic rings. The Hall–Kier alpha value is -1.38. The monoisotopic (exact) mass is 294 g/mol. The van der Waals surface area contributed by atoms with E-state index in [1.807, 2.05) is 6.92 Å². The first kappa shape index (κ1) is 14.0. The van der Waals surface area contributed by atoms with Crippen molar-refractivity contribution in [3.05, 3.63) is 5.01 Å². The van der Waals surface area contributed by atoms with Gasteiger partial charge in [-0.1, -0.05) is 11.3 Å². The number of carbonyl (C=O) groups excluding carboxylic acids is 1. The van der Waals surface area contributed by atoms with E-state index in [9.17, 15) is 18.0 Å². The fourth-order valence-corrected chi connectivity index (χ4v) is 2.37. The van der Waals surface area contributed by atoms with Gasteiger partial charge in [-0.25, -0.2) is 0 Å². The standard InChI is InChI=1S/C10H13F3N4OS/c1-2-14-9-16-15-7(19-9)8(18)17(6-3-4-6)5-10(11,12)13/h6H,2-5H2,1H3,(H,14,16). The molecule has 2 rings (SSSR count). The van der Waals surface area contributed by atoms with E-state index in [1.54, 1.807) is 0 Å².